The Morgan fingerprint density at radius 1 is 1.24 bits per heavy atom. The summed E-state index contributed by atoms with van der Waals surface area (Å²) in [6.07, 6.45) is 0. The first-order chi connectivity index (χ1) is 12.0. The fraction of sp³-hybridized carbons (Fsp3) is 0.278. The molecule has 25 heavy (non-hydrogen) atoms. The van der Waals surface area contributed by atoms with E-state index in [0.29, 0.717) is 18.1 Å². The van der Waals surface area contributed by atoms with Crippen molar-refractivity contribution in [2.45, 2.75) is 20.8 Å². The Bertz CT molecular complexity index is 832. The lowest BCUT2D eigenvalue weighted by Crippen LogP contribution is -2.20. The predicted octanol–water partition coefficient (Wildman–Crippen LogP) is 3.08. The van der Waals surface area contributed by atoms with E-state index in [1.807, 2.05) is 13.0 Å². The molecule has 1 aromatic heterocycles. The van der Waals surface area contributed by atoms with Gasteiger partial charge in [0, 0.05) is 0 Å². The maximum absolute atomic E-state index is 12.1. The summed E-state index contributed by atoms with van der Waals surface area (Å²) in [6.45, 7) is 4.90. The molecular weight excluding hydrogens is 324 g/mol. The molecule has 0 bridgehead atoms. The zero-order valence-corrected chi connectivity index (χ0v) is 14.2. The fourth-order valence-corrected chi connectivity index (χ4v) is 2.31. The maximum Gasteiger partial charge on any atom is 0.264 e. The Balaban J connectivity index is 2.08. The van der Waals surface area contributed by atoms with Crippen molar-refractivity contribution in [3.63, 3.8) is 0 Å². The lowest BCUT2D eigenvalue weighted by molar-refractivity contribution is -0.118. The predicted molar refractivity (Wildman–Crippen MR) is 89.9 cm³/mol. The molecule has 1 N–H and O–H groups in total. The number of ketones is 1. The molecule has 2 aromatic rings. The molecule has 7 heteroatoms. The first-order valence-electron chi connectivity index (χ1n) is 7.66. The Kier molecular flexibility index (Phi) is 5.79. The summed E-state index contributed by atoms with van der Waals surface area (Å²) in [6, 6.07) is 8.86. The van der Waals surface area contributed by atoms with Gasteiger partial charge in [0.15, 0.2) is 23.9 Å². The van der Waals surface area contributed by atoms with Crippen LogP contribution >= 0.6 is 0 Å². The molecule has 0 radical (unpaired) electrons. The van der Waals surface area contributed by atoms with E-state index in [0.717, 1.165) is 0 Å². The van der Waals surface area contributed by atoms with E-state index in [1.165, 1.54) is 6.92 Å². The molecule has 2 rings (SSSR count). The third kappa shape index (κ3) is 4.18. The smallest absolute Gasteiger partial charge is 0.264 e. The number of carbonyl (C=O) groups excluding carboxylic acids is 2. The fourth-order valence-electron chi connectivity index (χ4n) is 2.31. The van der Waals surface area contributed by atoms with E-state index in [-0.39, 0.29) is 35.2 Å². The van der Waals surface area contributed by atoms with Crippen LogP contribution in [0.5, 0.6) is 11.5 Å². The molecular formula is C18H18N2O5. The van der Waals surface area contributed by atoms with Gasteiger partial charge in [-0.25, -0.2) is 0 Å². The number of carbonyl (C=O) groups is 2. The zero-order valence-electron chi connectivity index (χ0n) is 14.2. The molecule has 0 saturated heterocycles. The number of amides is 1. The van der Waals surface area contributed by atoms with Crippen LogP contribution in [-0.4, -0.2) is 24.9 Å². The number of nitrogens with zero attached hydrogens (tertiary/aromatic N) is 1. The van der Waals surface area contributed by atoms with Crippen LogP contribution < -0.4 is 14.8 Å². The van der Waals surface area contributed by atoms with Crippen LogP contribution in [0.2, 0.25) is 0 Å². The zero-order chi connectivity index (χ0) is 18.4. The third-order valence-electron chi connectivity index (χ3n) is 3.31. The highest BCUT2D eigenvalue weighted by Crippen LogP contribution is 2.28. The van der Waals surface area contributed by atoms with Crippen LogP contribution in [0.25, 0.3) is 0 Å². The van der Waals surface area contributed by atoms with E-state index in [2.05, 4.69) is 5.32 Å². The summed E-state index contributed by atoms with van der Waals surface area (Å²) in [5, 5.41) is 11.7. The summed E-state index contributed by atoms with van der Waals surface area (Å²) in [5.41, 5.74) is 0.175. The van der Waals surface area contributed by atoms with E-state index < -0.39 is 5.91 Å². The number of aryl methyl sites for hydroxylation is 1. The molecule has 0 aliphatic heterocycles. The highest BCUT2D eigenvalue weighted by molar-refractivity contribution is 6.01. The first-order valence-corrected chi connectivity index (χ1v) is 7.66. The van der Waals surface area contributed by atoms with E-state index in [4.69, 9.17) is 13.9 Å². The number of hydrogen-bond acceptors (Lipinski definition) is 6. The molecule has 0 atom stereocenters. The summed E-state index contributed by atoms with van der Waals surface area (Å²) >= 11 is 0. The highest BCUT2D eigenvalue weighted by atomic mass is 16.5. The third-order valence-corrected chi connectivity index (χ3v) is 3.31. The second-order valence-corrected chi connectivity index (χ2v) is 5.12. The number of para-hydroxylation sites is 2. The summed E-state index contributed by atoms with van der Waals surface area (Å²) in [5.74, 6) is 0.356. The monoisotopic (exact) mass is 342 g/mol. The molecule has 1 aromatic carbocycles. The second-order valence-electron chi connectivity index (χ2n) is 5.12. The average Bonchev–Trinajstić information content (AvgIpc) is 2.89. The number of anilines is 1. The lowest BCUT2D eigenvalue weighted by atomic mass is 10.1. The van der Waals surface area contributed by atoms with Crippen LogP contribution in [0.15, 0.2) is 28.7 Å². The Hall–Kier alpha value is -3.27. The molecule has 0 aliphatic rings. The SMILES string of the molecule is CCOc1ccccc1OCC(=O)Nc1oc(C)c(C(C)=O)c1C#N. The van der Waals surface area contributed by atoms with Crippen LogP contribution in [0.3, 0.4) is 0 Å². The maximum atomic E-state index is 12.1. The van der Waals surface area contributed by atoms with Gasteiger partial charge in [-0.2, -0.15) is 5.26 Å². The molecule has 0 spiro atoms. The van der Waals surface area contributed by atoms with E-state index in [9.17, 15) is 14.9 Å². The van der Waals surface area contributed by atoms with Crippen molar-refractivity contribution >= 4 is 17.6 Å². The highest BCUT2D eigenvalue weighted by Gasteiger charge is 2.22. The van der Waals surface area contributed by atoms with E-state index in [1.54, 1.807) is 31.2 Å². The Labute approximate surface area is 145 Å². The number of nitriles is 1. The van der Waals surface area contributed by atoms with E-state index >= 15 is 0 Å². The van der Waals surface area contributed by atoms with Gasteiger partial charge in [-0.05, 0) is 32.9 Å². The molecule has 0 unspecified atom stereocenters. The van der Waals surface area contributed by atoms with Gasteiger partial charge in [0.25, 0.3) is 5.91 Å². The molecule has 0 saturated carbocycles. The molecule has 0 fully saturated rings. The number of ether oxygens (including phenoxy) is 2. The lowest BCUT2D eigenvalue weighted by Gasteiger charge is -2.11. The average molecular weight is 342 g/mol. The molecule has 7 nitrogen and oxygen atoms in total. The van der Waals surface area contributed by atoms with Crippen molar-refractivity contribution < 1.29 is 23.5 Å². The molecule has 130 valence electrons. The van der Waals surface area contributed by atoms with Crippen LogP contribution in [-0.2, 0) is 4.79 Å². The van der Waals surface area contributed by atoms with Gasteiger partial charge in [0.2, 0.25) is 5.88 Å². The minimum atomic E-state index is -0.522. The van der Waals surface area contributed by atoms with Crippen molar-refractivity contribution in [3.8, 4) is 17.6 Å². The largest absolute Gasteiger partial charge is 0.490 e. The number of nitrogens with one attached hydrogen (secondary N) is 1. The molecule has 0 aliphatic carbocycles. The summed E-state index contributed by atoms with van der Waals surface area (Å²) < 4.78 is 16.2. The Morgan fingerprint density at radius 3 is 2.44 bits per heavy atom. The number of hydrogen-bond donors (Lipinski definition) is 1. The standard InChI is InChI=1S/C18H18N2O5/c1-4-23-14-7-5-6-8-15(14)24-10-16(22)20-18-13(9-19)17(11(2)21)12(3)25-18/h5-8H,4,10H2,1-3H3,(H,20,22). The first kappa shape index (κ1) is 18.1. The van der Waals surface area contributed by atoms with Gasteiger partial charge in [0.05, 0.1) is 12.2 Å². The second kappa shape index (κ2) is 8.02. The van der Waals surface area contributed by atoms with Crippen molar-refractivity contribution in [1.82, 2.24) is 0 Å². The van der Waals surface area contributed by atoms with Gasteiger partial charge in [0.1, 0.15) is 17.4 Å². The van der Waals surface area contributed by atoms with Crippen molar-refractivity contribution in [3.05, 3.63) is 41.2 Å². The van der Waals surface area contributed by atoms with Crippen molar-refractivity contribution in [1.29, 1.82) is 5.26 Å². The number of Topliss-reactive ketones (excluding diaryl/α,β-unsaturated/α-hetero) is 1. The van der Waals surface area contributed by atoms with Crippen LogP contribution in [0, 0.1) is 18.3 Å². The summed E-state index contributed by atoms with van der Waals surface area (Å²) in [4.78, 5) is 23.7. The minimum Gasteiger partial charge on any atom is -0.490 e. The van der Waals surface area contributed by atoms with Crippen molar-refractivity contribution in [2.75, 3.05) is 18.5 Å². The van der Waals surface area contributed by atoms with Gasteiger partial charge in [-0.15, -0.1) is 0 Å². The minimum absolute atomic E-state index is 0.00747. The summed E-state index contributed by atoms with van der Waals surface area (Å²) in [7, 11) is 0. The Morgan fingerprint density at radius 2 is 1.88 bits per heavy atom. The number of rotatable bonds is 7. The van der Waals surface area contributed by atoms with Crippen LogP contribution in [0.4, 0.5) is 5.88 Å². The topological polar surface area (TPSA) is 102 Å². The van der Waals surface area contributed by atoms with Gasteiger partial charge in [-0.1, -0.05) is 12.1 Å². The van der Waals surface area contributed by atoms with Gasteiger partial charge >= 0.3 is 0 Å². The number of furan rings is 1. The van der Waals surface area contributed by atoms with Gasteiger partial charge in [-0.3, -0.25) is 14.9 Å². The van der Waals surface area contributed by atoms with Crippen molar-refractivity contribution in [2.24, 2.45) is 0 Å². The quantitative estimate of drug-likeness (QED) is 0.776. The number of benzene rings is 1. The molecule has 1 heterocycles. The normalized spacial score (nSPS) is 10.0. The molecule has 1 amide bonds. The van der Waals surface area contributed by atoms with Gasteiger partial charge < -0.3 is 13.9 Å². The van der Waals surface area contributed by atoms with Crippen LogP contribution in [0.1, 0.15) is 35.5 Å².